The van der Waals surface area contributed by atoms with Crippen LogP contribution in [0.3, 0.4) is 0 Å². The summed E-state index contributed by atoms with van der Waals surface area (Å²) in [6, 6.07) is 1.97. The number of rotatable bonds is 1. The molecule has 0 spiro atoms. The Labute approximate surface area is 117 Å². The summed E-state index contributed by atoms with van der Waals surface area (Å²) in [5.41, 5.74) is 1.30. The Morgan fingerprint density at radius 3 is 3.00 bits per heavy atom. The maximum Gasteiger partial charge on any atom is 0.243 e. The van der Waals surface area contributed by atoms with Gasteiger partial charge in [-0.25, -0.2) is 0 Å². The highest BCUT2D eigenvalue weighted by molar-refractivity contribution is 9.11. The largest absolute Gasteiger partial charge is 0.295 e. The van der Waals surface area contributed by atoms with E-state index in [1.165, 1.54) is 10.4 Å². The molecule has 1 N–H and O–H groups in total. The highest BCUT2D eigenvalue weighted by atomic mass is 79.9. The number of halogens is 1. The topological polar surface area (TPSA) is 49.4 Å². The summed E-state index contributed by atoms with van der Waals surface area (Å²) >= 11 is 5.21. The van der Waals surface area contributed by atoms with E-state index in [4.69, 9.17) is 0 Å². The maximum atomic E-state index is 12.0. The van der Waals surface area contributed by atoms with Crippen LogP contribution in [0.2, 0.25) is 0 Å². The van der Waals surface area contributed by atoms with Crippen LogP contribution in [0.5, 0.6) is 0 Å². The Balaban J connectivity index is 1.75. The summed E-state index contributed by atoms with van der Waals surface area (Å²) in [4.78, 5) is 26.8. The molecule has 0 saturated carbocycles. The molecule has 0 bridgehead atoms. The Hall–Kier alpha value is -0.720. The summed E-state index contributed by atoms with van der Waals surface area (Å²) in [7, 11) is 0. The molecular weight excluding hydrogens is 316 g/mol. The molecule has 18 heavy (non-hydrogen) atoms. The van der Waals surface area contributed by atoms with E-state index in [9.17, 15) is 9.59 Å². The highest BCUT2D eigenvalue weighted by Gasteiger charge is 2.33. The first-order valence-corrected chi connectivity index (χ1v) is 7.59. The fourth-order valence-electron chi connectivity index (χ4n) is 2.60. The van der Waals surface area contributed by atoms with Gasteiger partial charge in [-0.2, -0.15) is 0 Å². The zero-order valence-corrected chi connectivity index (χ0v) is 12.1. The second-order valence-corrected chi connectivity index (χ2v) is 7.24. The van der Waals surface area contributed by atoms with E-state index >= 15 is 0 Å². The lowest BCUT2D eigenvalue weighted by Gasteiger charge is -2.24. The summed E-state index contributed by atoms with van der Waals surface area (Å²) in [5, 5.41) is 2.47. The SMILES string of the molecule is O=C1CCCC(N2Cc3cc(Br)sc3C2)C(=O)N1. The molecule has 4 nitrogen and oxygen atoms in total. The molecule has 1 saturated heterocycles. The van der Waals surface area contributed by atoms with E-state index in [0.717, 1.165) is 29.7 Å². The van der Waals surface area contributed by atoms with Gasteiger partial charge in [-0.15, -0.1) is 11.3 Å². The molecule has 2 amide bonds. The summed E-state index contributed by atoms with van der Waals surface area (Å²) < 4.78 is 1.15. The summed E-state index contributed by atoms with van der Waals surface area (Å²) in [5.74, 6) is -0.272. The number of nitrogens with one attached hydrogen (secondary N) is 1. The fraction of sp³-hybridized carbons (Fsp3) is 0.500. The van der Waals surface area contributed by atoms with Gasteiger partial charge in [0.05, 0.1) is 9.83 Å². The first-order chi connectivity index (χ1) is 8.63. The van der Waals surface area contributed by atoms with Gasteiger partial charge in [0.2, 0.25) is 11.8 Å². The minimum Gasteiger partial charge on any atom is -0.295 e. The maximum absolute atomic E-state index is 12.0. The van der Waals surface area contributed by atoms with Crippen LogP contribution in [-0.2, 0) is 22.7 Å². The standard InChI is InChI=1S/C12H13BrN2O2S/c13-10-4-7-5-15(6-9(7)18-10)8-2-1-3-11(16)14-12(8)17/h4,8H,1-3,5-6H2,(H,14,16,17). The molecule has 96 valence electrons. The number of amides is 2. The van der Waals surface area contributed by atoms with Crippen LogP contribution < -0.4 is 5.32 Å². The average molecular weight is 329 g/mol. The van der Waals surface area contributed by atoms with Crippen molar-refractivity contribution in [2.24, 2.45) is 0 Å². The lowest BCUT2D eigenvalue weighted by Crippen LogP contribution is -2.44. The van der Waals surface area contributed by atoms with Gasteiger partial charge in [0.25, 0.3) is 0 Å². The zero-order chi connectivity index (χ0) is 12.7. The summed E-state index contributed by atoms with van der Waals surface area (Å²) in [6.45, 7) is 1.63. The normalized spacial score (nSPS) is 24.8. The van der Waals surface area contributed by atoms with E-state index in [1.54, 1.807) is 11.3 Å². The van der Waals surface area contributed by atoms with Gasteiger partial charge >= 0.3 is 0 Å². The van der Waals surface area contributed by atoms with Crippen LogP contribution >= 0.6 is 27.3 Å². The number of imide groups is 1. The molecule has 6 heteroatoms. The molecule has 3 rings (SSSR count). The first-order valence-electron chi connectivity index (χ1n) is 5.98. The number of carbonyl (C=O) groups is 2. The lowest BCUT2D eigenvalue weighted by atomic mass is 10.1. The van der Waals surface area contributed by atoms with Crippen molar-refractivity contribution in [3.8, 4) is 0 Å². The molecular formula is C12H13BrN2O2S. The van der Waals surface area contributed by atoms with Crippen molar-refractivity contribution < 1.29 is 9.59 Å². The molecule has 1 aromatic heterocycles. The minimum absolute atomic E-state index is 0.133. The molecule has 0 aromatic carbocycles. The van der Waals surface area contributed by atoms with Crippen LogP contribution in [0.25, 0.3) is 0 Å². The van der Waals surface area contributed by atoms with Crippen LogP contribution in [-0.4, -0.2) is 22.8 Å². The van der Waals surface area contributed by atoms with E-state index in [2.05, 4.69) is 32.2 Å². The minimum atomic E-state index is -0.158. The van der Waals surface area contributed by atoms with E-state index in [1.807, 2.05) is 0 Å². The van der Waals surface area contributed by atoms with Crippen molar-refractivity contribution in [1.82, 2.24) is 10.2 Å². The van der Waals surface area contributed by atoms with Gasteiger partial charge in [0.15, 0.2) is 0 Å². The zero-order valence-electron chi connectivity index (χ0n) is 9.74. The molecule has 1 unspecified atom stereocenters. The van der Waals surface area contributed by atoms with Crippen LogP contribution in [0.1, 0.15) is 29.7 Å². The van der Waals surface area contributed by atoms with Gasteiger partial charge < -0.3 is 0 Å². The predicted octanol–water partition coefficient (Wildman–Crippen LogP) is 2.02. The molecule has 1 atom stereocenters. The Kier molecular flexibility index (Phi) is 3.25. The van der Waals surface area contributed by atoms with Gasteiger partial charge in [0, 0.05) is 24.4 Å². The number of carbonyl (C=O) groups excluding carboxylic acids is 2. The molecule has 3 heterocycles. The lowest BCUT2D eigenvalue weighted by molar-refractivity contribution is -0.132. The van der Waals surface area contributed by atoms with Gasteiger partial charge in [-0.3, -0.25) is 19.8 Å². The van der Waals surface area contributed by atoms with Crippen molar-refractivity contribution in [3.63, 3.8) is 0 Å². The second-order valence-electron chi connectivity index (χ2n) is 4.72. The number of thiophene rings is 1. The highest BCUT2D eigenvalue weighted by Crippen LogP contribution is 2.35. The number of nitrogens with zero attached hydrogens (tertiary/aromatic N) is 1. The average Bonchev–Trinajstić information content (AvgIpc) is 2.75. The van der Waals surface area contributed by atoms with Gasteiger partial charge in [0.1, 0.15) is 0 Å². The molecule has 1 aromatic rings. The van der Waals surface area contributed by atoms with E-state index < -0.39 is 0 Å². The number of fused-ring (bicyclic) bond motifs is 1. The number of hydrogen-bond donors (Lipinski definition) is 1. The van der Waals surface area contributed by atoms with Crippen LogP contribution in [0, 0.1) is 0 Å². The molecule has 0 radical (unpaired) electrons. The van der Waals surface area contributed by atoms with Crippen LogP contribution in [0.15, 0.2) is 9.85 Å². The van der Waals surface area contributed by atoms with Gasteiger partial charge in [-0.05, 0) is 40.4 Å². The second kappa shape index (κ2) is 4.75. The third kappa shape index (κ3) is 2.24. The Bertz CT molecular complexity index is 491. The molecule has 2 aliphatic rings. The molecule has 2 aliphatic heterocycles. The Morgan fingerprint density at radius 2 is 2.22 bits per heavy atom. The van der Waals surface area contributed by atoms with Crippen molar-refractivity contribution in [2.45, 2.75) is 38.4 Å². The molecule has 1 fully saturated rings. The monoisotopic (exact) mass is 328 g/mol. The van der Waals surface area contributed by atoms with Crippen molar-refractivity contribution in [1.29, 1.82) is 0 Å². The van der Waals surface area contributed by atoms with Crippen molar-refractivity contribution >= 4 is 39.1 Å². The third-order valence-electron chi connectivity index (χ3n) is 3.47. The van der Waals surface area contributed by atoms with Crippen molar-refractivity contribution in [3.05, 3.63) is 20.3 Å². The smallest absolute Gasteiger partial charge is 0.243 e. The molecule has 0 aliphatic carbocycles. The number of hydrogen-bond acceptors (Lipinski definition) is 4. The Morgan fingerprint density at radius 1 is 1.39 bits per heavy atom. The first kappa shape index (κ1) is 12.3. The fourth-order valence-corrected chi connectivity index (χ4v) is 4.38. The van der Waals surface area contributed by atoms with E-state index in [-0.39, 0.29) is 17.9 Å². The van der Waals surface area contributed by atoms with Crippen molar-refractivity contribution in [2.75, 3.05) is 0 Å². The third-order valence-corrected chi connectivity index (χ3v) is 5.14. The quantitative estimate of drug-likeness (QED) is 0.802. The predicted molar refractivity (Wildman–Crippen MR) is 72.1 cm³/mol. The van der Waals surface area contributed by atoms with Gasteiger partial charge in [-0.1, -0.05) is 0 Å². The van der Waals surface area contributed by atoms with Crippen LogP contribution in [0.4, 0.5) is 0 Å². The van der Waals surface area contributed by atoms with E-state index in [0.29, 0.717) is 6.42 Å². The summed E-state index contributed by atoms with van der Waals surface area (Å²) in [6.07, 6.45) is 2.02.